The molecule has 0 bridgehead atoms. The van der Waals surface area contributed by atoms with E-state index in [0.29, 0.717) is 16.8 Å². The van der Waals surface area contributed by atoms with Crippen molar-refractivity contribution in [3.8, 4) is 0 Å². The summed E-state index contributed by atoms with van der Waals surface area (Å²) in [6.45, 7) is 0.314. The van der Waals surface area contributed by atoms with E-state index < -0.39 is 12.0 Å². The second kappa shape index (κ2) is 4.51. The van der Waals surface area contributed by atoms with Crippen LogP contribution in [-0.4, -0.2) is 19.8 Å². The molecule has 0 amide bonds. The number of fused-ring (bicyclic) bond motifs is 1. The molecule has 20 heavy (non-hydrogen) atoms. The van der Waals surface area contributed by atoms with Gasteiger partial charge in [0, 0.05) is 0 Å². The molecule has 1 N–H and O–H groups in total. The molecule has 0 saturated heterocycles. The second-order valence-corrected chi connectivity index (χ2v) is 3.94. The van der Waals surface area contributed by atoms with E-state index in [1.807, 2.05) is 0 Å². The first kappa shape index (κ1) is 12.5. The molecular weight excluding hydrogens is 275 g/mol. The zero-order valence-electron chi connectivity index (χ0n) is 9.92. The molecule has 0 spiro atoms. The molecular formula is C11H8F3N5O. The van der Waals surface area contributed by atoms with E-state index >= 15 is 0 Å². The van der Waals surface area contributed by atoms with E-state index in [0.717, 1.165) is 0 Å². The van der Waals surface area contributed by atoms with E-state index in [9.17, 15) is 13.2 Å². The Labute approximate surface area is 110 Å². The first-order valence-corrected chi connectivity index (χ1v) is 5.60. The summed E-state index contributed by atoms with van der Waals surface area (Å²) in [7, 11) is 0. The molecule has 0 atom stereocenters. The summed E-state index contributed by atoms with van der Waals surface area (Å²) in [6.07, 6.45) is -3.10. The van der Waals surface area contributed by atoms with Crippen molar-refractivity contribution in [1.82, 2.24) is 19.8 Å². The van der Waals surface area contributed by atoms with Crippen molar-refractivity contribution in [2.45, 2.75) is 12.7 Å². The van der Waals surface area contributed by atoms with Gasteiger partial charge in [0.25, 0.3) is 5.82 Å². The van der Waals surface area contributed by atoms with E-state index in [4.69, 9.17) is 4.42 Å². The Morgan fingerprint density at radius 1 is 1.20 bits per heavy atom. The average Bonchev–Trinajstić information content (AvgIpc) is 3.04. The van der Waals surface area contributed by atoms with Crippen LogP contribution in [0.4, 0.5) is 19.0 Å². The van der Waals surface area contributed by atoms with Gasteiger partial charge < -0.3 is 9.73 Å². The van der Waals surface area contributed by atoms with Crippen LogP contribution in [0.25, 0.3) is 5.65 Å². The van der Waals surface area contributed by atoms with Gasteiger partial charge in [-0.2, -0.15) is 17.7 Å². The number of nitrogens with one attached hydrogen (secondary N) is 1. The highest BCUT2D eigenvalue weighted by atomic mass is 19.4. The third-order valence-electron chi connectivity index (χ3n) is 2.54. The van der Waals surface area contributed by atoms with Gasteiger partial charge in [-0.15, -0.1) is 15.3 Å². The summed E-state index contributed by atoms with van der Waals surface area (Å²) in [5.74, 6) is -0.250. The summed E-state index contributed by atoms with van der Waals surface area (Å²) in [6, 6.07) is 6.38. The largest absolute Gasteiger partial charge is 0.467 e. The first-order valence-electron chi connectivity index (χ1n) is 5.60. The number of anilines is 1. The van der Waals surface area contributed by atoms with E-state index in [2.05, 4.69) is 20.6 Å². The van der Waals surface area contributed by atoms with Gasteiger partial charge >= 0.3 is 6.18 Å². The number of furan rings is 1. The van der Waals surface area contributed by atoms with Crippen molar-refractivity contribution in [2.24, 2.45) is 0 Å². The number of halogens is 3. The third kappa shape index (κ3) is 2.29. The fraction of sp³-hybridized carbons (Fsp3) is 0.182. The Morgan fingerprint density at radius 2 is 2.05 bits per heavy atom. The van der Waals surface area contributed by atoms with Crippen LogP contribution in [0.1, 0.15) is 11.6 Å². The van der Waals surface area contributed by atoms with Gasteiger partial charge in [-0.1, -0.05) is 0 Å². The number of hydrogen-bond acceptors (Lipinski definition) is 5. The van der Waals surface area contributed by atoms with Crippen LogP contribution in [0.5, 0.6) is 0 Å². The Balaban J connectivity index is 1.89. The van der Waals surface area contributed by atoms with Gasteiger partial charge in [-0.3, -0.25) is 0 Å². The molecule has 0 aromatic carbocycles. The zero-order chi connectivity index (χ0) is 14.2. The van der Waals surface area contributed by atoms with Gasteiger partial charge in [0.2, 0.25) is 0 Å². The number of nitrogens with zero attached hydrogens (tertiary/aromatic N) is 4. The molecule has 0 aliphatic heterocycles. The van der Waals surface area contributed by atoms with Gasteiger partial charge in [0.05, 0.1) is 12.8 Å². The molecule has 104 valence electrons. The summed E-state index contributed by atoms with van der Waals surface area (Å²) >= 11 is 0. The molecule has 3 heterocycles. The quantitative estimate of drug-likeness (QED) is 0.799. The fourth-order valence-electron chi connectivity index (χ4n) is 1.65. The molecule has 0 fully saturated rings. The number of hydrogen-bond donors (Lipinski definition) is 1. The SMILES string of the molecule is FC(F)(F)c1nnc2ccc(NCc3ccco3)nn12. The minimum absolute atomic E-state index is 0.0286. The maximum atomic E-state index is 12.7. The average molecular weight is 283 g/mol. The molecule has 0 unspecified atom stereocenters. The smallest absolute Gasteiger partial charge is 0.453 e. The lowest BCUT2D eigenvalue weighted by molar-refractivity contribution is -0.146. The maximum absolute atomic E-state index is 12.7. The lowest BCUT2D eigenvalue weighted by Crippen LogP contribution is -2.13. The van der Waals surface area contributed by atoms with Crippen LogP contribution in [0.3, 0.4) is 0 Å². The maximum Gasteiger partial charge on any atom is 0.453 e. The van der Waals surface area contributed by atoms with Crippen molar-refractivity contribution in [2.75, 3.05) is 5.32 Å². The zero-order valence-corrected chi connectivity index (χ0v) is 9.92. The lowest BCUT2D eigenvalue weighted by atomic mass is 10.4. The van der Waals surface area contributed by atoms with Crippen molar-refractivity contribution < 1.29 is 17.6 Å². The summed E-state index contributed by atoms with van der Waals surface area (Å²) in [5.41, 5.74) is 0.0286. The number of aromatic nitrogens is 4. The third-order valence-corrected chi connectivity index (χ3v) is 2.54. The highest BCUT2D eigenvalue weighted by molar-refractivity contribution is 5.44. The Hall–Kier alpha value is -2.58. The Kier molecular flexibility index (Phi) is 2.81. The Bertz CT molecular complexity index is 719. The predicted molar refractivity (Wildman–Crippen MR) is 61.8 cm³/mol. The van der Waals surface area contributed by atoms with E-state index in [1.54, 1.807) is 12.1 Å². The fourth-order valence-corrected chi connectivity index (χ4v) is 1.65. The van der Waals surface area contributed by atoms with Crippen molar-refractivity contribution in [3.63, 3.8) is 0 Å². The summed E-state index contributed by atoms with van der Waals surface area (Å²) < 4.78 is 43.8. The topological polar surface area (TPSA) is 68.2 Å². The van der Waals surface area contributed by atoms with Crippen molar-refractivity contribution in [3.05, 3.63) is 42.1 Å². The molecule has 3 aromatic heterocycles. The summed E-state index contributed by atoms with van der Waals surface area (Å²) in [5, 5.41) is 13.2. The molecule has 0 radical (unpaired) electrons. The minimum Gasteiger partial charge on any atom is -0.467 e. The standard InChI is InChI=1S/C11H8F3N5O/c12-11(13,14)10-17-16-9-4-3-8(18-19(9)10)15-6-7-2-1-5-20-7/h1-5H,6H2,(H,15,18). The molecule has 0 saturated carbocycles. The summed E-state index contributed by atoms with van der Waals surface area (Å²) in [4.78, 5) is 0. The van der Waals surface area contributed by atoms with Gasteiger partial charge in [0.15, 0.2) is 5.65 Å². The predicted octanol–water partition coefficient (Wildman–Crippen LogP) is 2.35. The van der Waals surface area contributed by atoms with Crippen LogP contribution >= 0.6 is 0 Å². The van der Waals surface area contributed by atoms with Crippen LogP contribution in [0.15, 0.2) is 34.9 Å². The Morgan fingerprint density at radius 3 is 2.75 bits per heavy atom. The van der Waals surface area contributed by atoms with E-state index in [-0.39, 0.29) is 11.5 Å². The van der Waals surface area contributed by atoms with Crippen LogP contribution in [0, 0.1) is 0 Å². The normalized spacial score (nSPS) is 11.9. The monoisotopic (exact) mass is 283 g/mol. The molecule has 3 rings (SSSR count). The van der Waals surface area contributed by atoms with Crippen LogP contribution in [0.2, 0.25) is 0 Å². The lowest BCUT2D eigenvalue weighted by Gasteiger charge is -2.06. The van der Waals surface area contributed by atoms with Crippen LogP contribution < -0.4 is 5.32 Å². The second-order valence-electron chi connectivity index (χ2n) is 3.94. The van der Waals surface area contributed by atoms with Crippen molar-refractivity contribution in [1.29, 1.82) is 0 Å². The number of rotatable bonds is 3. The number of alkyl halides is 3. The van der Waals surface area contributed by atoms with Gasteiger partial charge in [-0.25, -0.2) is 0 Å². The van der Waals surface area contributed by atoms with Gasteiger partial charge in [0.1, 0.15) is 11.6 Å². The molecule has 0 aliphatic carbocycles. The molecule has 0 aliphatic rings. The van der Waals surface area contributed by atoms with E-state index in [1.165, 1.54) is 18.4 Å². The van der Waals surface area contributed by atoms with Gasteiger partial charge in [-0.05, 0) is 24.3 Å². The molecule has 6 nitrogen and oxygen atoms in total. The highest BCUT2D eigenvalue weighted by Gasteiger charge is 2.37. The first-order chi connectivity index (χ1) is 9.54. The minimum atomic E-state index is -4.61. The highest BCUT2D eigenvalue weighted by Crippen LogP contribution is 2.27. The van der Waals surface area contributed by atoms with Crippen LogP contribution in [-0.2, 0) is 12.7 Å². The molecule has 3 aromatic rings. The van der Waals surface area contributed by atoms with Crippen molar-refractivity contribution >= 4 is 11.5 Å². The molecule has 9 heteroatoms.